The first kappa shape index (κ1) is 16.4. The maximum Gasteiger partial charge on any atom is 0.352 e. The first-order valence-corrected chi connectivity index (χ1v) is 7.52. The number of nitrogens with zero attached hydrogens (tertiary/aromatic N) is 2. The zero-order valence-corrected chi connectivity index (χ0v) is 13.5. The molecule has 3 N–H and O–H groups in total. The average Bonchev–Trinajstić information content (AvgIpc) is 2.91. The van der Waals surface area contributed by atoms with Crippen LogP contribution in [0.5, 0.6) is 0 Å². The molecule has 0 unspecified atom stereocenters. The largest absolute Gasteiger partial charge is 0.477 e. The number of nitrogens with one attached hydrogen (secondary N) is 1. The molecular formula is C17H15N3O5. The topological polar surface area (TPSA) is 125 Å². The summed E-state index contributed by atoms with van der Waals surface area (Å²) in [5.41, 5.74) is 1.25. The fraction of sp³-hybridized carbons (Fsp3) is 0.176. The SMILES string of the molecule is CCc1cc(C(=O)O)c(=O)[nH]c1-c1cc2cc(C(=O)O)n(C)c2cn1. The normalized spacial score (nSPS) is 11.0. The number of aromatic nitrogens is 3. The van der Waals surface area contributed by atoms with Gasteiger partial charge in [-0.15, -0.1) is 0 Å². The van der Waals surface area contributed by atoms with E-state index in [1.54, 1.807) is 13.1 Å². The van der Waals surface area contributed by atoms with Crippen LogP contribution in [0.15, 0.2) is 29.2 Å². The second-order valence-corrected chi connectivity index (χ2v) is 5.59. The van der Waals surface area contributed by atoms with Gasteiger partial charge in [0.15, 0.2) is 0 Å². The third-order valence-corrected chi connectivity index (χ3v) is 4.14. The number of carbonyl (C=O) groups is 2. The highest BCUT2D eigenvalue weighted by atomic mass is 16.4. The number of fused-ring (bicyclic) bond motifs is 1. The Bertz CT molecular complexity index is 1080. The number of aryl methyl sites for hydroxylation is 2. The van der Waals surface area contributed by atoms with Gasteiger partial charge >= 0.3 is 11.9 Å². The highest BCUT2D eigenvalue weighted by Gasteiger charge is 2.17. The lowest BCUT2D eigenvalue weighted by Crippen LogP contribution is -2.19. The number of hydrogen-bond acceptors (Lipinski definition) is 4. The van der Waals surface area contributed by atoms with E-state index in [1.165, 1.54) is 22.9 Å². The molecule has 0 fully saturated rings. The van der Waals surface area contributed by atoms with Crippen LogP contribution in [0, 0.1) is 0 Å². The van der Waals surface area contributed by atoms with Crippen molar-refractivity contribution in [2.24, 2.45) is 7.05 Å². The predicted octanol–water partition coefficient (Wildman–Crippen LogP) is 1.89. The molecule has 3 rings (SSSR count). The van der Waals surface area contributed by atoms with E-state index in [4.69, 9.17) is 5.11 Å². The quantitative estimate of drug-likeness (QED) is 0.665. The van der Waals surface area contributed by atoms with E-state index < -0.39 is 17.5 Å². The maximum absolute atomic E-state index is 12.0. The molecule has 3 aromatic heterocycles. The van der Waals surface area contributed by atoms with Gasteiger partial charge in [-0.3, -0.25) is 9.78 Å². The molecule has 8 heteroatoms. The summed E-state index contributed by atoms with van der Waals surface area (Å²) in [6.45, 7) is 1.84. The van der Waals surface area contributed by atoms with Crippen LogP contribution in [0.1, 0.15) is 33.3 Å². The molecule has 0 aromatic carbocycles. The first-order valence-electron chi connectivity index (χ1n) is 7.52. The van der Waals surface area contributed by atoms with E-state index in [-0.39, 0.29) is 11.3 Å². The first-order chi connectivity index (χ1) is 11.8. The smallest absolute Gasteiger partial charge is 0.352 e. The number of hydrogen-bond donors (Lipinski definition) is 3. The van der Waals surface area contributed by atoms with Gasteiger partial charge in [0.1, 0.15) is 11.3 Å². The van der Waals surface area contributed by atoms with Crippen molar-refractivity contribution >= 4 is 22.8 Å². The third-order valence-electron chi connectivity index (χ3n) is 4.14. The summed E-state index contributed by atoms with van der Waals surface area (Å²) in [6.07, 6.45) is 2.03. The van der Waals surface area contributed by atoms with Gasteiger partial charge in [-0.05, 0) is 30.2 Å². The monoisotopic (exact) mass is 341 g/mol. The van der Waals surface area contributed by atoms with Gasteiger partial charge in [0, 0.05) is 12.4 Å². The molecular weight excluding hydrogens is 326 g/mol. The number of carboxylic acid groups (broad SMARTS) is 2. The van der Waals surface area contributed by atoms with Crippen molar-refractivity contribution in [3.63, 3.8) is 0 Å². The molecule has 0 spiro atoms. The number of aromatic amines is 1. The highest BCUT2D eigenvalue weighted by Crippen LogP contribution is 2.25. The van der Waals surface area contributed by atoms with E-state index in [0.717, 1.165) is 0 Å². The molecule has 0 atom stereocenters. The van der Waals surface area contributed by atoms with Crippen molar-refractivity contribution in [3.8, 4) is 11.4 Å². The van der Waals surface area contributed by atoms with E-state index in [1.807, 2.05) is 6.92 Å². The van der Waals surface area contributed by atoms with Crippen LogP contribution in [-0.4, -0.2) is 36.7 Å². The van der Waals surface area contributed by atoms with Gasteiger partial charge in [0.2, 0.25) is 0 Å². The average molecular weight is 341 g/mol. The molecule has 0 aliphatic carbocycles. The van der Waals surface area contributed by atoms with Gasteiger partial charge in [-0.25, -0.2) is 9.59 Å². The number of carboxylic acids is 2. The minimum absolute atomic E-state index is 0.124. The zero-order valence-electron chi connectivity index (χ0n) is 13.5. The fourth-order valence-electron chi connectivity index (χ4n) is 2.81. The lowest BCUT2D eigenvalue weighted by molar-refractivity contribution is 0.0679. The molecule has 3 heterocycles. The molecule has 3 aromatic rings. The summed E-state index contributed by atoms with van der Waals surface area (Å²) < 4.78 is 1.52. The molecule has 0 saturated heterocycles. The van der Waals surface area contributed by atoms with Crippen LogP contribution >= 0.6 is 0 Å². The van der Waals surface area contributed by atoms with Crippen LogP contribution in [-0.2, 0) is 13.5 Å². The predicted molar refractivity (Wildman–Crippen MR) is 90.1 cm³/mol. The van der Waals surface area contributed by atoms with E-state index in [9.17, 15) is 19.5 Å². The maximum atomic E-state index is 12.0. The van der Waals surface area contributed by atoms with Crippen LogP contribution < -0.4 is 5.56 Å². The van der Waals surface area contributed by atoms with Crippen molar-refractivity contribution in [1.29, 1.82) is 0 Å². The summed E-state index contributed by atoms with van der Waals surface area (Å²) >= 11 is 0. The van der Waals surface area contributed by atoms with Crippen LogP contribution in [0.4, 0.5) is 0 Å². The molecule has 0 bridgehead atoms. The lowest BCUT2D eigenvalue weighted by Gasteiger charge is -2.09. The Balaban J connectivity index is 2.23. The van der Waals surface area contributed by atoms with E-state index in [0.29, 0.717) is 34.3 Å². The minimum Gasteiger partial charge on any atom is -0.477 e. The van der Waals surface area contributed by atoms with Crippen molar-refractivity contribution in [1.82, 2.24) is 14.5 Å². The van der Waals surface area contributed by atoms with E-state index >= 15 is 0 Å². The summed E-state index contributed by atoms with van der Waals surface area (Å²) in [5.74, 6) is -2.34. The molecule has 0 saturated carbocycles. The lowest BCUT2D eigenvalue weighted by atomic mass is 10.0. The van der Waals surface area contributed by atoms with E-state index in [2.05, 4.69) is 9.97 Å². The number of pyridine rings is 2. The highest BCUT2D eigenvalue weighted by molar-refractivity contribution is 5.95. The van der Waals surface area contributed by atoms with Crippen molar-refractivity contribution < 1.29 is 19.8 Å². The zero-order chi connectivity index (χ0) is 18.3. The van der Waals surface area contributed by atoms with Crippen molar-refractivity contribution in [3.05, 3.63) is 51.6 Å². The Kier molecular flexibility index (Phi) is 3.88. The molecule has 0 radical (unpaired) electrons. The van der Waals surface area contributed by atoms with Gasteiger partial charge < -0.3 is 19.8 Å². The Morgan fingerprint density at radius 3 is 2.52 bits per heavy atom. The van der Waals surface area contributed by atoms with Gasteiger partial charge in [0.25, 0.3) is 5.56 Å². The second kappa shape index (κ2) is 5.90. The summed E-state index contributed by atoms with van der Waals surface area (Å²) in [5, 5.41) is 19.0. The molecule has 128 valence electrons. The summed E-state index contributed by atoms with van der Waals surface area (Å²) in [7, 11) is 1.63. The molecule has 8 nitrogen and oxygen atoms in total. The van der Waals surface area contributed by atoms with Gasteiger partial charge in [-0.1, -0.05) is 6.92 Å². The van der Waals surface area contributed by atoms with Crippen LogP contribution in [0.3, 0.4) is 0 Å². The molecule has 0 amide bonds. The van der Waals surface area contributed by atoms with Gasteiger partial charge in [-0.2, -0.15) is 0 Å². The number of H-pyrrole nitrogens is 1. The number of rotatable bonds is 4. The van der Waals surface area contributed by atoms with Gasteiger partial charge in [0.05, 0.1) is 23.1 Å². The Morgan fingerprint density at radius 1 is 1.20 bits per heavy atom. The Morgan fingerprint density at radius 2 is 1.92 bits per heavy atom. The Labute approximate surface area is 141 Å². The fourth-order valence-corrected chi connectivity index (χ4v) is 2.81. The summed E-state index contributed by atoms with van der Waals surface area (Å²) in [6, 6.07) is 4.54. The Hall–Kier alpha value is -3.42. The van der Waals surface area contributed by atoms with Crippen LogP contribution in [0.25, 0.3) is 22.3 Å². The molecule has 0 aliphatic heterocycles. The van der Waals surface area contributed by atoms with Crippen molar-refractivity contribution in [2.75, 3.05) is 0 Å². The molecule has 25 heavy (non-hydrogen) atoms. The second-order valence-electron chi connectivity index (χ2n) is 5.59. The van der Waals surface area contributed by atoms with Crippen molar-refractivity contribution in [2.45, 2.75) is 13.3 Å². The van der Waals surface area contributed by atoms with Crippen LogP contribution in [0.2, 0.25) is 0 Å². The molecule has 0 aliphatic rings. The summed E-state index contributed by atoms with van der Waals surface area (Å²) in [4.78, 5) is 41.2. The third kappa shape index (κ3) is 2.67. The number of aromatic carboxylic acids is 2. The standard InChI is InChI=1S/C17H15N3O5/c1-3-8-4-10(16(22)23)15(21)19-14(8)11-5-9-6-12(17(24)25)20(2)13(9)7-18-11/h4-7H,3H2,1-2H3,(H,19,21)(H,22,23)(H,24,25). The minimum atomic E-state index is -1.29.